The summed E-state index contributed by atoms with van der Waals surface area (Å²) in [5, 5.41) is 0.430. The van der Waals surface area contributed by atoms with E-state index in [-0.39, 0.29) is 17.7 Å². The lowest BCUT2D eigenvalue weighted by molar-refractivity contribution is -0.172. The number of benzene rings is 1. The smallest absolute Gasteiger partial charge is 0.372 e. The van der Waals surface area contributed by atoms with Gasteiger partial charge in [-0.15, -0.1) is 0 Å². The van der Waals surface area contributed by atoms with E-state index in [4.69, 9.17) is 16.3 Å². The summed E-state index contributed by atoms with van der Waals surface area (Å²) in [5.74, 6) is 0. The van der Waals surface area contributed by atoms with Crippen molar-refractivity contribution in [3.05, 3.63) is 34.9 Å². The van der Waals surface area contributed by atoms with Crippen LogP contribution in [0.5, 0.6) is 0 Å². The molecule has 1 saturated heterocycles. The van der Waals surface area contributed by atoms with Gasteiger partial charge in [0.05, 0.1) is 12.2 Å². The largest absolute Gasteiger partial charge is 0.409 e. The fraction of sp³-hybridized carbons (Fsp3) is 0.625. The van der Waals surface area contributed by atoms with Crippen LogP contribution in [-0.2, 0) is 4.74 Å². The summed E-state index contributed by atoms with van der Waals surface area (Å²) in [6, 6.07) is 4.24. The van der Waals surface area contributed by atoms with Gasteiger partial charge in [-0.2, -0.15) is 13.2 Å². The minimum atomic E-state index is -4.36. The average molecular weight is 381 g/mol. The third-order valence-electron chi connectivity index (χ3n) is 4.34. The number of ether oxygens (including phenoxy) is 1. The first-order chi connectivity index (χ1) is 11.3. The van der Waals surface area contributed by atoms with Crippen molar-refractivity contribution < 1.29 is 17.9 Å². The summed E-state index contributed by atoms with van der Waals surface area (Å²) >= 11 is 6.99. The van der Waals surface area contributed by atoms with Crippen LogP contribution in [0.3, 0.4) is 0 Å². The molecule has 2 fully saturated rings. The van der Waals surface area contributed by atoms with Gasteiger partial charge in [0.2, 0.25) is 0 Å². The van der Waals surface area contributed by atoms with Crippen LogP contribution in [0.2, 0.25) is 5.02 Å². The lowest BCUT2D eigenvalue weighted by Gasteiger charge is -2.38. The van der Waals surface area contributed by atoms with Gasteiger partial charge in [0.25, 0.3) is 0 Å². The van der Waals surface area contributed by atoms with Crippen molar-refractivity contribution in [1.82, 2.24) is 8.61 Å². The van der Waals surface area contributed by atoms with Gasteiger partial charge in [0, 0.05) is 36.8 Å². The highest BCUT2D eigenvalue weighted by Crippen LogP contribution is 2.46. The van der Waals surface area contributed by atoms with Gasteiger partial charge in [0.1, 0.15) is 6.04 Å². The highest BCUT2D eigenvalue weighted by molar-refractivity contribution is 7.94. The van der Waals surface area contributed by atoms with Crippen molar-refractivity contribution in [3.8, 4) is 0 Å². The number of hydrogen-bond donors (Lipinski definition) is 0. The highest BCUT2D eigenvalue weighted by Gasteiger charge is 2.49. The molecule has 1 atom stereocenters. The molecule has 134 valence electrons. The topological polar surface area (TPSA) is 15.7 Å². The Morgan fingerprint density at radius 3 is 2.54 bits per heavy atom. The Bertz CT molecular complexity index is 565. The molecule has 24 heavy (non-hydrogen) atoms. The quantitative estimate of drug-likeness (QED) is 0.688. The second kappa shape index (κ2) is 7.03. The van der Waals surface area contributed by atoms with Crippen LogP contribution in [0.15, 0.2) is 24.3 Å². The number of alkyl halides is 3. The molecule has 1 aliphatic carbocycles. The van der Waals surface area contributed by atoms with E-state index in [0.29, 0.717) is 24.7 Å². The summed E-state index contributed by atoms with van der Waals surface area (Å²) < 4.78 is 50.3. The minimum Gasteiger partial charge on any atom is -0.372 e. The third kappa shape index (κ3) is 4.19. The molecule has 3 nitrogen and oxygen atoms in total. The van der Waals surface area contributed by atoms with Crippen LogP contribution in [0.25, 0.3) is 0 Å². The molecule has 0 N–H and O–H groups in total. The zero-order valence-corrected chi connectivity index (χ0v) is 14.9. The molecule has 0 aromatic heterocycles. The SMILES string of the molecule is CCN(SN1CCOC2(CC2)C1)[C@H](c1ccc(Cl)cc1)C(F)(F)F. The average Bonchev–Trinajstić information content (AvgIpc) is 3.26. The maximum atomic E-state index is 13.7. The van der Waals surface area contributed by atoms with E-state index in [9.17, 15) is 13.2 Å². The van der Waals surface area contributed by atoms with Crippen molar-refractivity contribution >= 4 is 23.7 Å². The summed E-state index contributed by atoms with van der Waals surface area (Å²) in [6.07, 6.45) is -2.37. The van der Waals surface area contributed by atoms with Crippen LogP contribution < -0.4 is 0 Å². The molecule has 1 heterocycles. The second-order valence-corrected chi connectivity index (χ2v) is 7.79. The second-order valence-electron chi connectivity index (χ2n) is 6.21. The predicted molar refractivity (Wildman–Crippen MR) is 89.7 cm³/mol. The normalized spacial score (nSPS) is 22.1. The molecule has 8 heteroatoms. The standard InChI is InChI=1S/C16H20ClF3N2OS/c1-2-22(24-21-9-10-23-15(11-21)7-8-15)14(16(18,19)20)12-3-5-13(17)6-4-12/h3-6,14H,2,7-11H2,1H3/t14-/m1/s1. The van der Waals surface area contributed by atoms with E-state index in [1.54, 1.807) is 6.92 Å². The van der Waals surface area contributed by atoms with Crippen LogP contribution >= 0.6 is 23.7 Å². The molecule has 1 saturated carbocycles. The van der Waals surface area contributed by atoms with Crippen molar-refractivity contribution in [2.24, 2.45) is 0 Å². The molecule has 1 aromatic rings. The maximum absolute atomic E-state index is 13.7. The van der Waals surface area contributed by atoms with Crippen LogP contribution in [0, 0.1) is 0 Å². The summed E-state index contributed by atoms with van der Waals surface area (Å²) in [6.45, 7) is 3.91. The van der Waals surface area contributed by atoms with Crippen LogP contribution in [0.1, 0.15) is 31.4 Å². The molecule has 0 bridgehead atoms. The van der Waals surface area contributed by atoms with Crippen molar-refractivity contribution in [2.45, 2.75) is 37.6 Å². The molecule has 2 aliphatic rings. The van der Waals surface area contributed by atoms with Gasteiger partial charge < -0.3 is 4.74 Å². The van der Waals surface area contributed by atoms with E-state index in [2.05, 4.69) is 0 Å². The number of nitrogens with zero attached hydrogens (tertiary/aromatic N) is 2. The van der Waals surface area contributed by atoms with E-state index in [0.717, 1.165) is 12.8 Å². The summed E-state index contributed by atoms with van der Waals surface area (Å²) in [4.78, 5) is 0. The van der Waals surface area contributed by atoms with Crippen molar-refractivity contribution in [1.29, 1.82) is 0 Å². The number of halogens is 4. The fourth-order valence-electron chi connectivity index (χ4n) is 2.92. The Morgan fingerprint density at radius 1 is 1.33 bits per heavy atom. The molecular weight excluding hydrogens is 361 g/mol. The third-order valence-corrected chi connectivity index (χ3v) is 5.81. The van der Waals surface area contributed by atoms with Gasteiger partial charge in [-0.25, -0.2) is 8.61 Å². The minimum absolute atomic E-state index is 0.112. The van der Waals surface area contributed by atoms with Crippen LogP contribution in [0.4, 0.5) is 13.2 Å². The Balaban J connectivity index is 1.77. The first-order valence-electron chi connectivity index (χ1n) is 7.99. The number of hydrogen-bond acceptors (Lipinski definition) is 4. The zero-order chi connectivity index (χ0) is 17.4. The van der Waals surface area contributed by atoms with E-state index in [1.165, 1.54) is 40.7 Å². The lowest BCUT2D eigenvalue weighted by Crippen LogP contribution is -2.44. The molecule has 0 unspecified atom stereocenters. The van der Waals surface area contributed by atoms with Gasteiger partial charge >= 0.3 is 6.18 Å². The first kappa shape index (κ1) is 18.3. The molecule has 1 aliphatic heterocycles. The fourth-order valence-corrected chi connectivity index (χ4v) is 4.24. The lowest BCUT2D eigenvalue weighted by atomic mass is 10.1. The molecule has 0 radical (unpaired) electrons. The predicted octanol–water partition coefficient (Wildman–Crippen LogP) is 4.69. The Hall–Kier alpha value is -0.470. The maximum Gasteiger partial charge on any atom is 0.409 e. The van der Waals surface area contributed by atoms with Crippen LogP contribution in [-0.4, -0.2) is 46.6 Å². The molecule has 0 amide bonds. The first-order valence-corrected chi connectivity index (χ1v) is 9.10. The van der Waals surface area contributed by atoms with Gasteiger partial charge in [-0.3, -0.25) is 0 Å². The van der Waals surface area contributed by atoms with Crippen molar-refractivity contribution in [3.63, 3.8) is 0 Å². The summed E-state index contributed by atoms with van der Waals surface area (Å²) in [7, 11) is 0. The Morgan fingerprint density at radius 2 is 2.00 bits per heavy atom. The zero-order valence-electron chi connectivity index (χ0n) is 13.4. The highest BCUT2D eigenvalue weighted by atomic mass is 35.5. The molecule has 3 rings (SSSR count). The number of morpholine rings is 1. The van der Waals surface area contributed by atoms with Gasteiger partial charge in [-0.05, 0) is 30.5 Å². The van der Waals surface area contributed by atoms with E-state index < -0.39 is 12.2 Å². The number of rotatable bonds is 5. The van der Waals surface area contributed by atoms with E-state index >= 15 is 0 Å². The molecule has 1 spiro atoms. The Labute approximate surface area is 149 Å². The molecule has 1 aromatic carbocycles. The Kier molecular flexibility index (Phi) is 5.37. The van der Waals surface area contributed by atoms with Gasteiger partial charge in [0.15, 0.2) is 0 Å². The van der Waals surface area contributed by atoms with Crippen molar-refractivity contribution in [2.75, 3.05) is 26.2 Å². The monoisotopic (exact) mass is 380 g/mol. The summed E-state index contributed by atoms with van der Waals surface area (Å²) in [5.41, 5.74) is 0.0919. The van der Waals surface area contributed by atoms with E-state index in [1.807, 2.05) is 4.31 Å². The molecular formula is C16H20ClF3N2OS. The van der Waals surface area contributed by atoms with Gasteiger partial charge in [-0.1, -0.05) is 30.7 Å².